The zero-order valence-electron chi connectivity index (χ0n) is 14.2. The van der Waals surface area contributed by atoms with Gasteiger partial charge in [-0.1, -0.05) is 6.07 Å². The van der Waals surface area contributed by atoms with E-state index in [0.29, 0.717) is 0 Å². The summed E-state index contributed by atoms with van der Waals surface area (Å²) < 4.78 is 2.04. The van der Waals surface area contributed by atoms with Gasteiger partial charge in [0.25, 0.3) is 0 Å². The Bertz CT molecular complexity index is 944. The molecule has 4 nitrogen and oxygen atoms in total. The average molecular weight is 349 g/mol. The summed E-state index contributed by atoms with van der Waals surface area (Å²) in [5, 5.41) is 7.57. The Morgan fingerprint density at radius 3 is 2.68 bits per heavy atom. The molecule has 1 aliphatic rings. The number of aromatic nitrogens is 2. The van der Waals surface area contributed by atoms with Crippen molar-refractivity contribution in [2.45, 2.75) is 24.7 Å². The van der Waals surface area contributed by atoms with Crippen molar-refractivity contribution in [1.29, 1.82) is 0 Å². The minimum atomic E-state index is 0.717. The molecule has 0 fully saturated rings. The van der Waals surface area contributed by atoms with Crippen molar-refractivity contribution >= 4 is 23.9 Å². The van der Waals surface area contributed by atoms with Crippen molar-refractivity contribution in [3.63, 3.8) is 0 Å². The van der Waals surface area contributed by atoms with Gasteiger partial charge in [0.05, 0.1) is 17.1 Å². The minimum Gasteiger partial charge on any atom is -0.329 e. The molecule has 0 saturated heterocycles. The van der Waals surface area contributed by atoms with Crippen LogP contribution >= 0.6 is 11.8 Å². The number of nitrogens with zero attached hydrogens (tertiary/aromatic N) is 2. The second-order valence-corrected chi connectivity index (χ2v) is 7.04. The number of fused-ring (bicyclic) bond motifs is 3. The number of carbonyl (C=O) groups is 1. The van der Waals surface area contributed by atoms with Gasteiger partial charge in [-0.05, 0) is 68.0 Å². The Kier molecular flexibility index (Phi) is 4.09. The molecule has 2 aromatic carbocycles. The van der Waals surface area contributed by atoms with Crippen molar-refractivity contribution in [1.82, 2.24) is 9.78 Å². The second kappa shape index (κ2) is 6.41. The molecule has 1 N–H and O–H groups in total. The van der Waals surface area contributed by atoms with Gasteiger partial charge in [-0.2, -0.15) is 5.10 Å². The van der Waals surface area contributed by atoms with Gasteiger partial charge < -0.3 is 5.32 Å². The molecule has 1 amide bonds. The lowest BCUT2D eigenvalue weighted by molar-refractivity contribution is -0.105. The Morgan fingerprint density at radius 1 is 1.16 bits per heavy atom. The molecular formula is C20H19N3OS. The topological polar surface area (TPSA) is 46.9 Å². The molecule has 1 heterocycles. The molecule has 0 atom stereocenters. The Labute approximate surface area is 151 Å². The molecule has 1 aromatic heterocycles. The lowest BCUT2D eigenvalue weighted by atomic mass is 9.88. The largest absolute Gasteiger partial charge is 0.329 e. The van der Waals surface area contributed by atoms with Crippen molar-refractivity contribution < 1.29 is 4.79 Å². The highest BCUT2D eigenvalue weighted by atomic mass is 32.2. The summed E-state index contributed by atoms with van der Waals surface area (Å²) in [6, 6.07) is 14.6. The number of nitrogens with one attached hydrogen (secondary N) is 1. The van der Waals surface area contributed by atoms with E-state index in [1.165, 1.54) is 16.0 Å². The number of thioether (sulfide) groups is 1. The molecule has 3 aromatic rings. The average Bonchev–Trinajstić information content (AvgIpc) is 2.99. The highest BCUT2D eigenvalue weighted by molar-refractivity contribution is 7.98. The van der Waals surface area contributed by atoms with Crippen molar-refractivity contribution in [2.24, 2.45) is 0 Å². The molecule has 0 aliphatic heterocycles. The fourth-order valence-corrected chi connectivity index (χ4v) is 3.89. The van der Waals surface area contributed by atoms with E-state index in [2.05, 4.69) is 54.9 Å². The van der Waals surface area contributed by atoms with Crippen molar-refractivity contribution in [3.8, 4) is 16.9 Å². The number of amides is 1. The quantitative estimate of drug-likeness (QED) is 0.566. The van der Waals surface area contributed by atoms with Crippen LogP contribution in [0, 0.1) is 6.92 Å². The second-order valence-electron chi connectivity index (χ2n) is 6.16. The van der Waals surface area contributed by atoms with Crippen LogP contribution in [0.2, 0.25) is 0 Å². The molecule has 126 valence electrons. The van der Waals surface area contributed by atoms with Gasteiger partial charge in [-0.25, -0.2) is 4.68 Å². The molecule has 0 unspecified atom stereocenters. The Hall–Kier alpha value is -2.53. The van der Waals surface area contributed by atoms with Crippen LogP contribution in [0.5, 0.6) is 0 Å². The van der Waals surface area contributed by atoms with E-state index in [0.717, 1.165) is 47.6 Å². The first kappa shape index (κ1) is 16.0. The zero-order valence-corrected chi connectivity index (χ0v) is 15.1. The summed E-state index contributed by atoms with van der Waals surface area (Å²) in [5.41, 5.74) is 7.83. The normalized spacial score (nSPS) is 12.4. The first-order valence-electron chi connectivity index (χ1n) is 8.27. The Morgan fingerprint density at radius 2 is 1.96 bits per heavy atom. The number of anilines is 1. The van der Waals surface area contributed by atoms with Crippen LogP contribution < -0.4 is 5.32 Å². The fourth-order valence-electron chi connectivity index (χ4n) is 3.48. The van der Waals surface area contributed by atoms with E-state index in [1.807, 2.05) is 10.7 Å². The summed E-state index contributed by atoms with van der Waals surface area (Å²) >= 11 is 1.73. The van der Waals surface area contributed by atoms with Crippen molar-refractivity contribution in [2.75, 3.05) is 11.6 Å². The molecular weight excluding hydrogens is 330 g/mol. The monoisotopic (exact) mass is 349 g/mol. The van der Waals surface area contributed by atoms with E-state index in [-0.39, 0.29) is 0 Å². The van der Waals surface area contributed by atoms with Gasteiger partial charge in [0.2, 0.25) is 6.41 Å². The highest BCUT2D eigenvalue weighted by Crippen LogP contribution is 2.38. The van der Waals surface area contributed by atoms with E-state index in [4.69, 9.17) is 5.10 Å². The molecule has 1 aliphatic carbocycles. The van der Waals surface area contributed by atoms with Gasteiger partial charge in [0, 0.05) is 21.7 Å². The molecule has 0 saturated carbocycles. The lowest BCUT2D eigenvalue weighted by Crippen LogP contribution is -2.08. The van der Waals surface area contributed by atoms with Crippen LogP contribution in [0.3, 0.4) is 0 Å². The molecule has 0 radical (unpaired) electrons. The maximum Gasteiger partial charge on any atom is 0.211 e. The van der Waals surface area contributed by atoms with Crippen LogP contribution in [-0.4, -0.2) is 22.4 Å². The third-order valence-electron chi connectivity index (χ3n) is 4.74. The van der Waals surface area contributed by atoms with Crippen LogP contribution in [0.25, 0.3) is 16.9 Å². The van der Waals surface area contributed by atoms with Crippen LogP contribution in [-0.2, 0) is 17.6 Å². The van der Waals surface area contributed by atoms with Crippen LogP contribution in [0.1, 0.15) is 16.8 Å². The number of benzene rings is 2. The molecule has 0 spiro atoms. The van der Waals surface area contributed by atoms with Crippen LogP contribution in [0.15, 0.2) is 47.4 Å². The first-order chi connectivity index (χ1) is 12.2. The fraction of sp³-hybridized carbons (Fsp3) is 0.200. The summed E-state index contributed by atoms with van der Waals surface area (Å²) in [6.07, 6.45) is 4.79. The molecule has 5 heteroatoms. The number of aryl methyl sites for hydroxylation is 2. The maximum absolute atomic E-state index is 10.8. The molecule has 4 rings (SSSR count). The standard InChI is InChI=1S/C20H19N3OS/c1-13-18-10-4-14-3-5-15(21-12-24)11-19(14)20(18)23(22-13)16-6-8-17(25-2)9-7-16/h3,5-9,11-12H,4,10H2,1-2H3,(H,21,24). The Balaban J connectivity index is 1.89. The summed E-state index contributed by atoms with van der Waals surface area (Å²) in [4.78, 5) is 12.0. The SMILES string of the molecule is CSc1ccc(-n2nc(C)c3c2-c2cc(NC=O)ccc2CC3)cc1. The van der Waals surface area contributed by atoms with E-state index >= 15 is 0 Å². The van der Waals surface area contributed by atoms with E-state index in [1.54, 1.807) is 11.8 Å². The zero-order chi connectivity index (χ0) is 17.4. The third-order valence-corrected chi connectivity index (χ3v) is 5.48. The van der Waals surface area contributed by atoms with Gasteiger partial charge in [-0.3, -0.25) is 4.79 Å². The predicted octanol–water partition coefficient (Wildman–Crippen LogP) is 4.24. The van der Waals surface area contributed by atoms with E-state index in [9.17, 15) is 4.79 Å². The molecule has 0 bridgehead atoms. The lowest BCUT2D eigenvalue weighted by Gasteiger charge is -2.20. The summed E-state index contributed by atoms with van der Waals surface area (Å²) in [5.74, 6) is 0. The molecule has 25 heavy (non-hydrogen) atoms. The number of hydrogen-bond acceptors (Lipinski definition) is 3. The van der Waals surface area contributed by atoms with Gasteiger partial charge in [0.15, 0.2) is 0 Å². The first-order valence-corrected chi connectivity index (χ1v) is 9.50. The van der Waals surface area contributed by atoms with E-state index < -0.39 is 0 Å². The van der Waals surface area contributed by atoms with Gasteiger partial charge >= 0.3 is 0 Å². The van der Waals surface area contributed by atoms with Gasteiger partial charge in [0.1, 0.15) is 0 Å². The summed E-state index contributed by atoms with van der Waals surface area (Å²) in [6.45, 7) is 2.07. The maximum atomic E-state index is 10.8. The van der Waals surface area contributed by atoms with Crippen LogP contribution in [0.4, 0.5) is 5.69 Å². The number of hydrogen-bond donors (Lipinski definition) is 1. The van der Waals surface area contributed by atoms with Crippen molar-refractivity contribution in [3.05, 3.63) is 59.3 Å². The number of rotatable bonds is 4. The number of carbonyl (C=O) groups excluding carboxylic acids is 1. The smallest absolute Gasteiger partial charge is 0.211 e. The minimum absolute atomic E-state index is 0.717. The highest BCUT2D eigenvalue weighted by Gasteiger charge is 2.24. The third kappa shape index (κ3) is 2.74. The van der Waals surface area contributed by atoms with Gasteiger partial charge in [-0.15, -0.1) is 11.8 Å². The predicted molar refractivity (Wildman–Crippen MR) is 103 cm³/mol. The summed E-state index contributed by atoms with van der Waals surface area (Å²) in [7, 11) is 0.